The molecule has 3 atom stereocenters. The Balaban J connectivity index is 0. The molecule has 0 aromatic carbocycles. The predicted molar refractivity (Wildman–Crippen MR) is 176 cm³/mol. The maximum absolute atomic E-state index is 14.0. The van der Waals surface area contributed by atoms with Gasteiger partial charge in [0.2, 0.25) is 3.79 Å². The van der Waals surface area contributed by atoms with E-state index in [2.05, 4.69) is 0 Å². The predicted octanol–water partition coefficient (Wildman–Crippen LogP) is 10.1. The summed E-state index contributed by atoms with van der Waals surface area (Å²) in [5.74, 6) is 0.0612. The van der Waals surface area contributed by atoms with Crippen molar-refractivity contribution in [2.24, 2.45) is 29.1 Å². The van der Waals surface area contributed by atoms with Crippen LogP contribution in [0.25, 0.3) is 0 Å². The zero-order chi connectivity index (χ0) is 28.7. The summed E-state index contributed by atoms with van der Waals surface area (Å²) in [6.07, 6.45) is 5.50. The van der Waals surface area contributed by atoms with Crippen LogP contribution < -0.4 is 0 Å². The van der Waals surface area contributed by atoms with Gasteiger partial charge in [-0.15, -0.1) is 11.6 Å². The van der Waals surface area contributed by atoms with E-state index in [1.165, 1.54) is 13.3 Å². The van der Waals surface area contributed by atoms with E-state index in [1.807, 2.05) is 20.8 Å². The molecule has 3 unspecified atom stereocenters. The van der Waals surface area contributed by atoms with Crippen molar-refractivity contribution in [2.75, 3.05) is 6.61 Å². The molecule has 0 aromatic heterocycles. The van der Waals surface area contributed by atoms with Crippen LogP contribution in [0.2, 0.25) is 0 Å². The molecule has 1 aliphatic heterocycles. The second-order valence-electron chi connectivity index (χ2n) is 12.2. The van der Waals surface area contributed by atoms with Crippen molar-refractivity contribution < 1.29 is 28.6 Å². The standard InChI is InChI=1S/C26H36Cl4O6.C2H6.4CH4/c1-5-25(26(28,29)30,14-23(3,27)20(32)35-22(2)6-7-34-19(31)13-22)21(33)36-24(4)17-9-15-8-16(11-17)12-18(24)10-15;1-2;;;;/h15-18H,5-14H2,1-4H3;1-2H3;4*1H4. The van der Waals surface area contributed by atoms with Gasteiger partial charge in [0.05, 0.1) is 13.0 Å². The smallest absolute Gasteiger partial charge is 0.327 e. The molecular weight excluding hydrogens is 622 g/mol. The molecule has 1 heterocycles. The maximum Gasteiger partial charge on any atom is 0.327 e. The lowest BCUT2D eigenvalue weighted by Gasteiger charge is -2.59. The van der Waals surface area contributed by atoms with Gasteiger partial charge in [0.1, 0.15) is 21.5 Å². The van der Waals surface area contributed by atoms with E-state index in [-0.39, 0.29) is 67.4 Å². The van der Waals surface area contributed by atoms with Gasteiger partial charge in [-0.3, -0.25) is 14.4 Å². The lowest BCUT2D eigenvalue weighted by atomic mass is 9.50. The number of hydrogen-bond acceptors (Lipinski definition) is 6. The number of cyclic esters (lactones) is 1. The molecule has 0 radical (unpaired) electrons. The van der Waals surface area contributed by atoms with Gasteiger partial charge in [0, 0.05) is 6.42 Å². The van der Waals surface area contributed by atoms with Gasteiger partial charge < -0.3 is 14.2 Å². The first-order valence-electron chi connectivity index (χ1n) is 13.9. The zero-order valence-corrected chi connectivity index (χ0v) is 26.4. The number of hydrogen-bond donors (Lipinski definition) is 0. The van der Waals surface area contributed by atoms with Crippen molar-refractivity contribution >= 4 is 64.3 Å². The minimum absolute atomic E-state index is 0. The zero-order valence-electron chi connectivity index (χ0n) is 23.3. The van der Waals surface area contributed by atoms with Gasteiger partial charge in [-0.05, 0) is 89.4 Å². The number of carbonyl (C=O) groups excluding carboxylic acids is 3. The number of carbonyl (C=O) groups is 3. The van der Waals surface area contributed by atoms with Gasteiger partial charge in [-0.25, -0.2) is 0 Å². The lowest BCUT2D eigenvalue weighted by molar-refractivity contribution is -0.213. The van der Waals surface area contributed by atoms with Gasteiger partial charge in [0.25, 0.3) is 0 Å². The number of esters is 3. The van der Waals surface area contributed by atoms with Crippen LogP contribution in [-0.2, 0) is 28.6 Å². The minimum Gasteiger partial charge on any atom is -0.465 e. The van der Waals surface area contributed by atoms with Crippen molar-refractivity contribution in [3.05, 3.63) is 0 Å². The highest BCUT2D eigenvalue weighted by molar-refractivity contribution is 6.69. The van der Waals surface area contributed by atoms with Crippen LogP contribution in [-0.4, -0.2) is 44.4 Å². The maximum atomic E-state index is 14.0. The molecule has 4 saturated carbocycles. The molecule has 6 nitrogen and oxygen atoms in total. The van der Waals surface area contributed by atoms with Crippen molar-refractivity contribution in [1.82, 2.24) is 0 Å². The Morgan fingerprint density at radius 3 is 1.76 bits per heavy atom. The molecule has 5 rings (SSSR count). The van der Waals surface area contributed by atoms with Crippen molar-refractivity contribution in [2.45, 2.75) is 149 Å². The first-order chi connectivity index (χ1) is 17.5. The Kier molecular flexibility index (Phi) is 16.4. The Hall–Kier alpha value is -0.430. The summed E-state index contributed by atoms with van der Waals surface area (Å²) in [6.45, 7) is 11.0. The number of halogens is 4. The van der Waals surface area contributed by atoms with Crippen molar-refractivity contribution in [3.8, 4) is 0 Å². The highest BCUT2D eigenvalue weighted by Gasteiger charge is 2.63. The summed E-state index contributed by atoms with van der Waals surface area (Å²) in [7, 11) is 0. The van der Waals surface area contributed by atoms with Crippen LogP contribution in [0.5, 0.6) is 0 Å². The second-order valence-corrected chi connectivity index (χ2v) is 15.3. The second kappa shape index (κ2) is 15.7. The van der Waals surface area contributed by atoms with Crippen molar-refractivity contribution in [1.29, 1.82) is 0 Å². The molecule has 0 aromatic rings. The van der Waals surface area contributed by atoms with Crippen LogP contribution in [0.1, 0.15) is 129 Å². The molecule has 5 fully saturated rings. The van der Waals surface area contributed by atoms with E-state index in [0.29, 0.717) is 18.3 Å². The molecule has 0 amide bonds. The molecule has 1 saturated heterocycles. The summed E-state index contributed by atoms with van der Waals surface area (Å²) in [5.41, 5.74) is -3.39. The number of alkyl halides is 4. The third-order valence-electron chi connectivity index (χ3n) is 9.42. The molecule has 0 N–H and O–H groups in total. The molecule has 10 heteroatoms. The van der Waals surface area contributed by atoms with Gasteiger partial charge in [-0.1, -0.05) is 85.3 Å². The molecule has 4 bridgehead atoms. The van der Waals surface area contributed by atoms with Crippen molar-refractivity contribution in [3.63, 3.8) is 0 Å². The Labute approximate surface area is 276 Å². The summed E-state index contributed by atoms with van der Waals surface area (Å²) < 4.78 is 14.9. The Morgan fingerprint density at radius 1 is 0.881 bits per heavy atom. The minimum atomic E-state index is -2.09. The number of ether oxygens (including phenoxy) is 3. The van der Waals surface area contributed by atoms with Crippen LogP contribution in [0.4, 0.5) is 0 Å². The lowest BCUT2D eigenvalue weighted by Crippen LogP contribution is -2.60. The van der Waals surface area contributed by atoms with Gasteiger partial charge >= 0.3 is 17.9 Å². The van der Waals surface area contributed by atoms with Gasteiger partial charge in [-0.2, -0.15) is 0 Å². The van der Waals surface area contributed by atoms with E-state index in [1.54, 1.807) is 13.8 Å². The average molecular weight is 681 g/mol. The normalized spacial score (nSPS) is 33.6. The van der Waals surface area contributed by atoms with E-state index in [9.17, 15) is 14.4 Å². The van der Waals surface area contributed by atoms with E-state index in [0.717, 1.165) is 25.7 Å². The molecule has 0 spiro atoms. The summed E-state index contributed by atoms with van der Waals surface area (Å²) in [4.78, 5) is 37.3. The fraction of sp³-hybridized carbons (Fsp3) is 0.906. The molecule has 5 aliphatic rings. The third-order valence-corrected chi connectivity index (χ3v) is 10.8. The van der Waals surface area contributed by atoms with E-state index < -0.39 is 43.2 Å². The van der Waals surface area contributed by atoms with Crippen LogP contribution in [0, 0.1) is 29.1 Å². The first-order valence-corrected chi connectivity index (χ1v) is 15.4. The fourth-order valence-electron chi connectivity index (χ4n) is 7.22. The topological polar surface area (TPSA) is 78.9 Å². The molecule has 42 heavy (non-hydrogen) atoms. The molecule has 250 valence electrons. The third kappa shape index (κ3) is 8.43. The SMILES string of the molecule is C.C.C.C.CC.CCC(CC(C)(Cl)C(=O)OC1(C)CCOC(=O)C1)(C(=O)OC1(C)C2CC3CC(C2)CC1C3)C(Cl)(Cl)Cl. The van der Waals surface area contributed by atoms with Crippen LogP contribution in [0.3, 0.4) is 0 Å². The Bertz CT molecular complexity index is 889. The first kappa shape index (κ1) is 43.7. The number of rotatable bonds is 7. The molecular formula is C32H58Cl4O6. The fourth-order valence-corrected chi connectivity index (χ4v) is 8.32. The quantitative estimate of drug-likeness (QED) is 0.151. The Morgan fingerprint density at radius 2 is 1.36 bits per heavy atom. The molecule has 4 aliphatic carbocycles. The summed E-state index contributed by atoms with van der Waals surface area (Å²) in [6, 6.07) is 0. The van der Waals surface area contributed by atoms with E-state index in [4.69, 9.17) is 60.6 Å². The van der Waals surface area contributed by atoms with E-state index >= 15 is 0 Å². The van der Waals surface area contributed by atoms with Gasteiger partial charge in [0.15, 0.2) is 0 Å². The van der Waals surface area contributed by atoms with Crippen LogP contribution in [0.15, 0.2) is 0 Å². The average Bonchev–Trinajstić information content (AvgIpc) is 2.80. The monoisotopic (exact) mass is 678 g/mol. The highest BCUT2D eigenvalue weighted by Crippen LogP contribution is 2.61. The largest absolute Gasteiger partial charge is 0.465 e. The summed E-state index contributed by atoms with van der Waals surface area (Å²) in [5, 5.41) is 0. The summed E-state index contributed by atoms with van der Waals surface area (Å²) >= 11 is 26.2. The van der Waals surface area contributed by atoms with Crippen LogP contribution >= 0.6 is 46.4 Å². The highest BCUT2D eigenvalue weighted by atomic mass is 35.6.